The van der Waals surface area contributed by atoms with E-state index in [1.807, 2.05) is 53.4 Å². The Hall–Kier alpha value is -2.66. The summed E-state index contributed by atoms with van der Waals surface area (Å²) in [5, 5.41) is 2.96. The average molecular weight is 436 g/mol. The highest BCUT2D eigenvalue weighted by Crippen LogP contribution is 2.32. The van der Waals surface area contributed by atoms with E-state index < -0.39 is 0 Å². The molecule has 3 N–H and O–H groups in total. The molecule has 1 aliphatic carbocycles. The molecule has 0 saturated heterocycles. The molecule has 172 valence electrons. The number of hydrogen-bond acceptors (Lipinski definition) is 3. The number of benzene rings is 2. The number of nitrogens with two attached hydrogens (primary N) is 1. The summed E-state index contributed by atoms with van der Waals surface area (Å²) in [5.41, 5.74) is 9.44. The van der Waals surface area contributed by atoms with Gasteiger partial charge in [-0.05, 0) is 65.6 Å². The maximum absolute atomic E-state index is 12.8. The zero-order valence-corrected chi connectivity index (χ0v) is 20.1. The van der Waals surface area contributed by atoms with Crippen LogP contribution in [-0.4, -0.2) is 29.8 Å². The lowest BCUT2D eigenvalue weighted by Gasteiger charge is -2.32. The van der Waals surface area contributed by atoms with Crippen LogP contribution in [0.5, 0.6) is 0 Å². The second-order valence-electron chi connectivity index (χ2n) is 10.8. The molecular formula is C27H37N3O2. The molecule has 0 heterocycles. The van der Waals surface area contributed by atoms with E-state index in [-0.39, 0.29) is 28.6 Å². The SMILES string of the molecule is CC(C)(CN)CN(Cc1ccc(NC(=O)c2ccc(C(C)(C)C)cc2)cc1)C(=O)C1CC1. The summed E-state index contributed by atoms with van der Waals surface area (Å²) in [5.74, 6) is 0.267. The highest BCUT2D eigenvalue weighted by atomic mass is 16.2. The highest BCUT2D eigenvalue weighted by Gasteiger charge is 2.35. The fourth-order valence-electron chi connectivity index (χ4n) is 3.62. The molecule has 0 unspecified atom stereocenters. The first kappa shape index (κ1) is 24.0. The Labute approximate surface area is 192 Å². The average Bonchev–Trinajstić information content (AvgIpc) is 3.59. The molecule has 2 aromatic carbocycles. The molecular weight excluding hydrogens is 398 g/mol. The van der Waals surface area contributed by atoms with Crippen molar-refractivity contribution in [3.8, 4) is 0 Å². The van der Waals surface area contributed by atoms with E-state index in [2.05, 4.69) is 39.9 Å². The van der Waals surface area contributed by atoms with Gasteiger partial charge in [-0.25, -0.2) is 0 Å². The van der Waals surface area contributed by atoms with Crippen LogP contribution in [0, 0.1) is 11.3 Å². The number of carbonyl (C=O) groups excluding carboxylic acids is 2. The third-order valence-electron chi connectivity index (χ3n) is 6.01. The molecule has 2 aromatic rings. The number of rotatable bonds is 8. The van der Waals surface area contributed by atoms with Gasteiger partial charge in [0.1, 0.15) is 0 Å². The smallest absolute Gasteiger partial charge is 0.255 e. The summed E-state index contributed by atoms with van der Waals surface area (Å²) in [6, 6.07) is 15.5. The molecule has 2 amide bonds. The van der Waals surface area contributed by atoms with Crippen molar-refractivity contribution in [1.29, 1.82) is 0 Å². The van der Waals surface area contributed by atoms with Gasteiger partial charge in [-0.2, -0.15) is 0 Å². The monoisotopic (exact) mass is 435 g/mol. The maximum atomic E-state index is 12.8. The van der Waals surface area contributed by atoms with Gasteiger partial charge >= 0.3 is 0 Å². The molecule has 5 heteroatoms. The third-order valence-corrected chi connectivity index (χ3v) is 6.01. The molecule has 0 aliphatic heterocycles. The Kier molecular flexibility index (Phi) is 7.09. The van der Waals surface area contributed by atoms with Gasteiger partial charge in [0, 0.05) is 30.3 Å². The Bertz CT molecular complexity index is 936. The molecule has 1 aliphatic rings. The van der Waals surface area contributed by atoms with Gasteiger partial charge in [-0.1, -0.05) is 58.9 Å². The predicted molar refractivity (Wildman–Crippen MR) is 131 cm³/mol. The Morgan fingerprint density at radius 1 is 0.969 bits per heavy atom. The van der Waals surface area contributed by atoms with Crippen molar-refractivity contribution >= 4 is 17.5 Å². The van der Waals surface area contributed by atoms with Crippen LogP contribution in [0.25, 0.3) is 0 Å². The molecule has 0 spiro atoms. The summed E-state index contributed by atoms with van der Waals surface area (Å²) in [4.78, 5) is 27.3. The minimum absolute atomic E-state index is 0.0545. The molecule has 5 nitrogen and oxygen atoms in total. The van der Waals surface area contributed by atoms with E-state index >= 15 is 0 Å². The van der Waals surface area contributed by atoms with Crippen molar-refractivity contribution in [1.82, 2.24) is 4.90 Å². The van der Waals surface area contributed by atoms with Crippen molar-refractivity contribution in [2.24, 2.45) is 17.1 Å². The van der Waals surface area contributed by atoms with Crippen LogP contribution >= 0.6 is 0 Å². The lowest BCUT2D eigenvalue weighted by atomic mass is 9.87. The minimum atomic E-state index is -0.131. The first-order valence-corrected chi connectivity index (χ1v) is 11.5. The van der Waals surface area contributed by atoms with Crippen molar-refractivity contribution in [3.05, 3.63) is 65.2 Å². The van der Waals surface area contributed by atoms with Gasteiger partial charge in [-0.15, -0.1) is 0 Å². The van der Waals surface area contributed by atoms with Crippen LogP contribution < -0.4 is 11.1 Å². The summed E-state index contributed by atoms with van der Waals surface area (Å²) >= 11 is 0. The van der Waals surface area contributed by atoms with Gasteiger partial charge in [0.05, 0.1) is 0 Å². The Morgan fingerprint density at radius 3 is 2.06 bits per heavy atom. The molecule has 0 aromatic heterocycles. The van der Waals surface area contributed by atoms with Crippen LogP contribution in [-0.2, 0) is 16.8 Å². The predicted octanol–water partition coefficient (Wildman–Crippen LogP) is 4.96. The van der Waals surface area contributed by atoms with E-state index in [4.69, 9.17) is 5.73 Å². The summed E-state index contributed by atoms with van der Waals surface area (Å²) in [6.45, 7) is 12.4. The standard InChI is InChI=1S/C27H37N3O2/c1-26(2,3)22-12-10-20(11-13-22)24(31)29-23-14-6-19(7-15-23)16-30(18-27(4,5)17-28)25(32)21-8-9-21/h6-7,10-15,21H,8-9,16-18,28H2,1-5H3,(H,29,31). The normalized spacial score (nSPS) is 14.2. The van der Waals surface area contributed by atoms with Crippen molar-refractivity contribution in [2.75, 3.05) is 18.4 Å². The Balaban J connectivity index is 1.64. The highest BCUT2D eigenvalue weighted by molar-refractivity contribution is 6.04. The zero-order valence-electron chi connectivity index (χ0n) is 20.1. The van der Waals surface area contributed by atoms with Gasteiger partial charge in [-0.3, -0.25) is 9.59 Å². The van der Waals surface area contributed by atoms with Gasteiger partial charge in [0.25, 0.3) is 5.91 Å². The van der Waals surface area contributed by atoms with Gasteiger partial charge < -0.3 is 16.0 Å². The molecule has 32 heavy (non-hydrogen) atoms. The Morgan fingerprint density at radius 2 is 1.56 bits per heavy atom. The second-order valence-corrected chi connectivity index (χ2v) is 10.8. The van der Waals surface area contributed by atoms with Crippen LogP contribution in [0.4, 0.5) is 5.69 Å². The minimum Gasteiger partial charge on any atom is -0.338 e. The molecule has 0 bridgehead atoms. The quantitative estimate of drug-likeness (QED) is 0.615. The van der Waals surface area contributed by atoms with E-state index in [1.54, 1.807) is 0 Å². The number of hydrogen-bond donors (Lipinski definition) is 2. The van der Waals surface area contributed by atoms with Crippen LogP contribution in [0.1, 0.15) is 68.9 Å². The summed E-state index contributed by atoms with van der Waals surface area (Å²) < 4.78 is 0. The first-order valence-electron chi connectivity index (χ1n) is 11.5. The molecule has 1 fully saturated rings. The number of nitrogens with one attached hydrogen (secondary N) is 1. The molecule has 3 rings (SSSR count). The van der Waals surface area contributed by atoms with Crippen molar-refractivity contribution in [3.63, 3.8) is 0 Å². The topological polar surface area (TPSA) is 75.4 Å². The number of nitrogens with zero attached hydrogens (tertiary/aromatic N) is 1. The largest absolute Gasteiger partial charge is 0.338 e. The molecule has 1 saturated carbocycles. The van der Waals surface area contributed by atoms with Crippen LogP contribution in [0.3, 0.4) is 0 Å². The van der Waals surface area contributed by atoms with Crippen LogP contribution in [0.2, 0.25) is 0 Å². The number of amides is 2. The fourth-order valence-corrected chi connectivity index (χ4v) is 3.62. The maximum Gasteiger partial charge on any atom is 0.255 e. The van der Waals surface area contributed by atoms with E-state index in [9.17, 15) is 9.59 Å². The molecule has 0 radical (unpaired) electrons. The zero-order chi connectivity index (χ0) is 23.5. The lowest BCUT2D eigenvalue weighted by molar-refractivity contribution is -0.134. The summed E-state index contributed by atoms with van der Waals surface area (Å²) in [6.07, 6.45) is 1.97. The van der Waals surface area contributed by atoms with E-state index in [0.717, 1.165) is 24.1 Å². The lowest BCUT2D eigenvalue weighted by Crippen LogP contribution is -2.42. The summed E-state index contributed by atoms with van der Waals surface area (Å²) in [7, 11) is 0. The van der Waals surface area contributed by atoms with E-state index in [0.29, 0.717) is 25.2 Å². The number of carbonyl (C=O) groups is 2. The van der Waals surface area contributed by atoms with Gasteiger partial charge in [0.15, 0.2) is 0 Å². The third kappa shape index (κ3) is 6.42. The molecule has 0 atom stereocenters. The second kappa shape index (κ2) is 9.45. The van der Waals surface area contributed by atoms with E-state index in [1.165, 1.54) is 5.56 Å². The van der Waals surface area contributed by atoms with Gasteiger partial charge in [0.2, 0.25) is 5.91 Å². The van der Waals surface area contributed by atoms with Crippen LogP contribution in [0.15, 0.2) is 48.5 Å². The van der Waals surface area contributed by atoms with Crippen molar-refractivity contribution in [2.45, 2.75) is 59.4 Å². The fraction of sp³-hybridized carbons (Fsp3) is 0.481. The number of anilines is 1. The first-order chi connectivity index (χ1) is 15.0. The van der Waals surface area contributed by atoms with Crippen molar-refractivity contribution < 1.29 is 9.59 Å².